The van der Waals surface area contributed by atoms with Gasteiger partial charge in [-0.25, -0.2) is 4.98 Å². The molecular weight excluding hydrogens is 176 g/mol. The van der Waals surface area contributed by atoms with E-state index < -0.39 is 6.10 Å². The number of fused-ring (bicyclic) bond motifs is 1. The Bertz CT molecular complexity index is 447. The van der Waals surface area contributed by atoms with Crippen molar-refractivity contribution >= 4 is 11.0 Å². The van der Waals surface area contributed by atoms with E-state index >= 15 is 0 Å². The molecule has 0 radical (unpaired) electrons. The Labute approximate surface area is 83.0 Å². The van der Waals surface area contributed by atoms with Crippen LogP contribution in [0.1, 0.15) is 25.3 Å². The summed E-state index contributed by atoms with van der Waals surface area (Å²) >= 11 is 0. The van der Waals surface area contributed by atoms with Crippen LogP contribution in [0.15, 0.2) is 24.3 Å². The Morgan fingerprint density at radius 1 is 1.43 bits per heavy atom. The standard InChI is InChI=1S/C11H14N2O/c1-3-10(14)11-12-8-6-4-5-7-9(8)13(11)2/h4-7,10,14H,3H2,1-2H3/t10-/m1/s1. The lowest BCUT2D eigenvalue weighted by Crippen LogP contribution is -2.04. The largest absolute Gasteiger partial charge is 0.385 e. The van der Waals surface area contributed by atoms with Gasteiger partial charge in [-0.2, -0.15) is 0 Å². The molecule has 74 valence electrons. The summed E-state index contributed by atoms with van der Waals surface area (Å²) in [5.74, 6) is 0.744. The predicted molar refractivity (Wildman–Crippen MR) is 56.0 cm³/mol. The molecule has 0 unspecified atom stereocenters. The molecule has 3 heteroatoms. The second kappa shape index (κ2) is 3.42. The predicted octanol–water partition coefficient (Wildman–Crippen LogP) is 2.02. The van der Waals surface area contributed by atoms with Gasteiger partial charge in [-0.15, -0.1) is 0 Å². The van der Waals surface area contributed by atoms with Crippen LogP contribution >= 0.6 is 0 Å². The Morgan fingerprint density at radius 3 is 2.79 bits per heavy atom. The zero-order valence-corrected chi connectivity index (χ0v) is 8.44. The Morgan fingerprint density at radius 2 is 2.14 bits per heavy atom. The van der Waals surface area contributed by atoms with E-state index in [0.29, 0.717) is 6.42 Å². The van der Waals surface area contributed by atoms with Crippen LogP contribution in [0.3, 0.4) is 0 Å². The van der Waals surface area contributed by atoms with E-state index in [0.717, 1.165) is 16.9 Å². The van der Waals surface area contributed by atoms with Gasteiger partial charge in [0.25, 0.3) is 0 Å². The summed E-state index contributed by atoms with van der Waals surface area (Å²) < 4.78 is 1.95. The van der Waals surface area contributed by atoms with E-state index in [2.05, 4.69) is 4.98 Å². The summed E-state index contributed by atoms with van der Waals surface area (Å²) in [5, 5.41) is 9.73. The molecule has 2 rings (SSSR count). The van der Waals surface area contributed by atoms with E-state index in [1.807, 2.05) is 42.8 Å². The molecule has 0 saturated heterocycles. The minimum atomic E-state index is -0.465. The molecule has 2 aromatic rings. The average molecular weight is 190 g/mol. The highest BCUT2D eigenvalue weighted by molar-refractivity contribution is 5.75. The van der Waals surface area contributed by atoms with Crippen LogP contribution in [0.2, 0.25) is 0 Å². The van der Waals surface area contributed by atoms with Gasteiger partial charge in [0, 0.05) is 7.05 Å². The highest BCUT2D eigenvalue weighted by atomic mass is 16.3. The van der Waals surface area contributed by atoms with Crippen LogP contribution in [0.5, 0.6) is 0 Å². The van der Waals surface area contributed by atoms with Crippen molar-refractivity contribution in [3.8, 4) is 0 Å². The number of hydrogen-bond acceptors (Lipinski definition) is 2. The van der Waals surface area contributed by atoms with Crippen molar-refractivity contribution < 1.29 is 5.11 Å². The number of aliphatic hydroxyl groups is 1. The summed E-state index contributed by atoms with van der Waals surface area (Å²) in [5.41, 5.74) is 2.01. The molecule has 1 aromatic heterocycles. The van der Waals surface area contributed by atoms with Crippen LogP contribution in [-0.2, 0) is 7.05 Å². The molecule has 0 aliphatic rings. The van der Waals surface area contributed by atoms with E-state index in [4.69, 9.17) is 0 Å². The number of hydrogen-bond donors (Lipinski definition) is 1. The van der Waals surface area contributed by atoms with Gasteiger partial charge in [-0.3, -0.25) is 0 Å². The third-order valence-corrected chi connectivity index (χ3v) is 2.51. The molecule has 14 heavy (non-hydrogen) atoms. The molecule has 0 aliphatic carbocycles. The first-order valence-corrected chi connectivity index (χ1v) is 4.83. The van der Waals surface area contributed by atoms with Crippen LogP contribution in [0.4, 0.5) is 0 Å². The monoisotopic (exact) mass is 190 g/mol. The molecule has 1 aromatic carbocycles. The molecule has 0 spiro atoms. The van der Waals surface area contributed by atoms with E-state index in [1.54, 1.807) is 0 Å². The highest BCUT2D eigenvalue weighted by Gasteiger charge is 2.13. The number of rotatable bonds is 2. The summed E-state index contributed by atoms with van der Waals surface area (Å²) in [4.78, 5) is 4.40. The Balaban J connectivity index is 2.62. The van der Waals surface area contributed by atoms with Crippen molar-refractivity contribution in [2.45, 2.75) is 19.4 Å². The number of aromatic nitrogens is 2. The normalized spacial score (nSPS) is 13.4. The van der Waals surface area contributed by atoms with Crippen LogP contribution in [0.25, 0.3) is 11.0 Å². The van der Waals surface area contributed by atoms with Crippen LogP contribution in [0, 0.1) is 0 Å². The number of para-hydroxylation sites is 2. The fourth-order valence-corrected chi connectivity index (χ4v) is 1.64. The van der Waals surface area contributed by atoms with Crippen molar-refractivity contribution in [1.29, 1.82) is 0 Å². The minimum absolute atomic E-state index is 0.465. The lowest BCUT2D eigenvalue weighted by molar-refractivity contribution is 0.161. The van der Waals surface area contributed by atoms with Crippen LogP contribution < -0.4 is 0 Å². The van der Waals surface area contributed by atoms with Gasteiger partial charge in [0.1, 0.15) is 11.9 Å². The molecular formula is C11H14N2O. The zero-order valence-electron chi connectivity index (χ0n) is 8.44. The molecule has 1 atom stereocenters. The second-order valence-electron chi connectivity index (χ2n) is 3.44. The molecule has 0 fully saturated rings. The van der Waals surface area contributed by atoms with Gasteiger partial charge in [0.15, 0.2) is 0 Å². The fourth-order valence-electron chi connectivity index (χ4n) is 1.64. The summed E-state index contributed by atoms with van der Waals surface area (Å²) in [6.07, 6.45) is 0.226. The lowest BCUT2D eigenvalue weighted by atomic mass is 10.3. The fraction of sp³-hybridized carbons (Fsp3) is 0.364. The summed E-state index contributed by atoms with van der Waals surface area (Å²) in [6, 6.07) is 7.90. The van der Waals surface area contributed by atoms with Gasteiger partial charge in [-0.05, 0) is 18.6 Å². The summed E-state index contributed by atoms with van der Waals surface area (Å²) in [7, 11) is 1.93. The van der Waals surface area contributed by atoms with E-state index in [1.165, 1.54) is 0 Å². The van der Waals surface area contributed by atoms with Gasteiger partial charge >= 0.3 is 0 Å². The van der Waals surface area contributed by atoms with Crippen molar-refractivity contribution in [2.24, 2.45) is 7.05 Å². The second-order valence-corrected chi connectivity index (χ2v) is 3.44. The molecule has 3 nitrogen and oxygen atoms in total. The highest BCUT2D eigenvalue weighted by Crippen LogP contribution is 2.20. The van der Waals surface area contributed by atoms with Crippen molar-refractivity contribution in [3.63, 3.8) is 0 Å². The topological polar surface area (TPSA) is 38.1 Å². The maximum Gasteiger partial charge on any atom is 0.138 e. The number of benzene rings is 1. The zero-order chi connectivity index (χ0) is 10.1. The number of nitrogens with zero attached hydrogens (tertiary/aromatic N) is 2. The molecule has 0 bridgehead atoms. The number of aliphatic hydroxyl groups excluding tert-OH is 1. The van der Waals surface area contributed by atoms with Crippen molar-refractivity contribution in [1.82, 2.24) is 9.55 Å². The third-order valence-electron chi connectivity index (χ3n) is 2.51. The average Bonchev–Trinajstić information content (AvgIpc) is 2.56. The molecule has 0 saturated carbocycles. The van der Waals surface area contributed by atoms with E-state index in [9.17, 15) is 5.11 Å². The van der Waals surface area contributed by atoms with E-state index in [-0.39, 0.29) is 0 Å². The van der Waals surface area contributed by atoms with Gasteiger partial charge in [0.05, 0.1) is 11.0 Å². The Hall–Kier alpha value is -1.35. The Kier molecular flexibility index (Phi) is 2.25. The van der Waals surface area contributed by atoms with Gasteiger partial charge in [-0.1, -0.05) is 19.1 Å². The molecule has 1 N–H and O–H groups in total. The molecule has 0 amide bonds. The number of imidazole rings is 1. The molecule has 0 aliphatic heterocycles. The number of aryl methyl sites for hydroxylation is 1. The van der Waals surface area contributed by atoms with Gasteiger partial charge < -0.3 is 9.67 Å². The first-order chi connectivity index (χ1) is 6.74. The minimum Gasteiger partial charge on any atom is -0.385 e. The SMILES string of the molecule is CC[C@@H](O)c1nc2ccccc2n1C. The van der Waals surface area contributed by atoms with Crippen molar-refractivity contribution in [2.75, 3.05) is 0 Å². The molecule has 1 heterocycles. The maximum atomic E-state index is 9.73. The first kappa shape index (κ1) is 9.21. The first-order valence-electron chi connectivity index (χ1n) is 4.83. The van der Waals surface area contributed by atoms with Gasteiger partial charge in [0.2, 0.25) is 0 Å². The lowest BCUT2D eigenvalue weighted by Gasteiger charge is -2.06. The van der Waals surface area contributed by atoms with Crippen molar-refractivity contribution in [3.05, 3.63) is 30.1 Å². The smallest absolute Gasteiger partial charge is 0.138 e. The quantitative estimate of drug-likeness (QED) is 0.786. The van der Waals surface area contributed by atoms with Crippen LogP contribution in [-0.4, -0.2) is 14.7 Å². The third kappa shape index (κ3) is 1.30. The maximum absolute atomic E-state index is 9.73. The summed E-state index contributed by atoms with van der Waals surface area (Å²) in [6.45, 7) is 1.95.